The topological polar surface area (TPSA) is 64.7 Å². The summed E-state index contributed by atoms with van der Waals surface area (Å²) < 4.78 is 17.2. The highest BCUT2D eigenvalue weighted by Gasteiger charge is 2.28. The number of halogens is 1. The molecule has 3 aromatic rings. The molecule has 2 aromatic heterocycles. The van der Waals surface area contributed by atoms with Crippen LogP contribution in [0.4, 0.5) is 10.2 Å². The van der Waals surface area contributed by atoms with Gasteiger partial charge in [-0.1, -0.05) is 12.1 Å². The first-order valence-corrected chi connectivity index (χ1v) is 9.10. The average Bonchev–Trinajstić information content (AvgIpc) is 3.15. The lowest BCUT2D eigenvalue weighted by Crippen LogP contribution is -2.25. The van der Waals surface area contributed by atoms with Crippen LogP contribution in [0.3, 0.4) is 0 Å². The maximum atomic E-state index is 13.4. The van der Waals surface area contributed by atoms with Crippen LogP contribution in [-0.4, -0.2) is 25.5 Å². The third-order valence-electron chi connectivity index (χ3n) is 5.01. The Balaban J connectivity index is 1.54. The lowest BCUT2D eigenvalue weighted by Gasteiger charge is -2.23. The van der Waals surface area contributed by atoms with Crippen LogP contribution in [0, 0.1) is 19.7 Å². The largest absolute Gasteiger partial charge is 0.311 e. The molecule has 1 aliphatic rings. The monoisotopic (exact) mass is 367 g/mol. The van der Waals surface area contributed by atoms with E-state index in [9.17, 15) is 9.18 Å². The molecule has 0 radical (unpaired) electrons. The number of hydrogen-bond acceptors (Lipinski definition) is 3. The lowest BCUT2D eigenvalue weighted by atomic mass is 9.91. The number of carbonyl (C=O) groups is 1. The molecule has 0 unspecified atom stereocenters. The second kappa shape index (κ2) is 6.98. The first kappa shape index (κ1) is 17.5. The van der Waals surface area contributed by atoms with Crippen molar-refractivity contribution in [2.45, 2.75) is 45.7 Å². The van der Waals surface area contributed by atoms with Crippen molar-refractivity contribution in [1.29, 1.82) is 0 Å². The molecule has 0 saturated carbocycles. The van der Waals surface area contributed by atoms with Gasteiger partial charge in [-0.05, 0) is 49.9 Å². The summed E-state index contributed by atoms with van der Waals surface area (Å²) in [6.45, 7) is 5.19. The van der Waals surface area contributed by atoms with E-state index in [1.165, 1.54) is 12.1 Å². The summed E-state index contributed by atoms with van der Waals surface area (Å²) in [7, 11) is 0. The van der Waals surface area contributed by atoms with E-state index in [1.54, 1.807) is 10.7 Å². The van der Waals surface area contributed by atoms with E-state index in [1.807, 2.05) is 30.8 Å². The Kier molecular flexibility index (Phi) is 4.51. The molecule has 0 saturated heterocycles. The first-order valence-electron chi connectivity index (χ1n) is 9.10. The Bertz CT molecular complexity index is 990. The summed E-state index contributed by atoms with van der Waals surface area (Å²) in [4.78, 5) is 12.2. The highest BCUT2D eigenvalue weighted by Crippen LogP contribution is 2.35. The molecule has 1 amide bonds. The SMILES string of the molecule is Cc1cc(C)n(CC[C@H]2CC(=O)Nc3c2cnn3Cc2cccc(F)c2)n1. The van der Waals surface area contributed by atoms with Gasteiger partial charge in [0.15, 0.2) is 0 Å². The van der Waals surface area contributed by atoms with E-state index < -0.39 is 0 Å². The van der Waals surface area contributed by atoms with Crippen molar-refractivity contribution < 1.29 is 9.18 Å². The molecular formula is C20H22FN5O. The van der Waals surface area contributed by atoms with Crippen molar-refractivity contribution >= 4 is 11.7 Å². The molecule has 0 spiro atoms. The van der Waals surface area contributed by atoms with Gasteiger partial charge >= 0.3 is 0 Å². The summed E-state index contributed by atoms with van der Waals surface area (Å²) in [6.07, 6.45) is 3.08. The fraction of sp³-hybridized carbons (Fsp3) is 0.350. The number of carbonyl (C=O) groups excluding carboxylic acids is 1. The van der Waals surface area contributed by atoms with Gasteiger partial charge in [0.05, 0.1) is 18.4 Å². The van der Waals surface area contributed by atoms with Gasteiger partial charge in [-0.3, -0.25) is 9.48 Å². The standard InChI is InChI=1S/C20H22FN5O/c1-13-8-14(2)25(24-13)7-6-16-10-19(27)23-20-18(16)11-22-26(20)12-15-4-3-5-17(21)9-15/h3-5,8-9,11,16H,6-7,10,12H2,1-2H3,(H,23,27)/t16-/m0/s1. The number of aryl methyl sites for hydroxylation is 3. The molecule has 27 heavy (non-hydrogen) atoms. The van der Waals surface area contributed by atoms with E-state index in [2.05, 4.69) is 21.6 Å². The van der Waals surface area contributed by atoms with Crippen LogP contribution in [0.25, 0.3) is 0 Å². The molecule has 7 heteroatoms. The Labute approximate surface area is 157 Å². The minimum Gasteiger partial charge on any atom is -0.311 e. The molecule has 6 nitrogen and oxygen atoms in total. The fourth-order valence-electron chi connectivity index (χ4n) is 3.72. The zero-order valence-electron chi connectivity index (χ0n) is 15.4. The zero-order valence-corrected chi connectivity index (χ0v) is 15.4. The number of aromatic nitrogens is 4. The van der Waals surface area contributed by atoms with Crippen molar-refractivity contribution in [3.05, 3.63) is 64.9 Å². The van der Waals surface area contributed by atoms with Crippen molar-refractivity contribution in [2.75, 3.05) is 5.32 Å². The lowest BCUT2D eigenvalue weighted by molar-refractivity contribution is -0.117. The molecule has 0 bridgehead atoms. The molecule has 140 valence electrons. The van der Waals surface area contributed by atoms with Crippen molar-refractivity contribution in [3.63, 3.8) is 0 Å². The van der Waals surface area contributed by atoms with E-state index >= 15 is 0 Å². The molecule has 1 aromatic carbocycles. The van der Waals surface area contributed by atoms with Crippen LogP contribution in [0.2, 0.25) is 0 Å². The van der Waals surface area contributed by atoms with E-state index in [4.69, 9.17) is 0 Å². The predicted molar refractivity (Wildman–Crippen MR) is 100 cm³/mol. The third-order valence-corrected chi connectivity index (χ3v) is 5.01. The molecule has 1 aliphatic heterocycles. The second-order valence-corrected chi connectivity index (χ2v) is 7.12. The number of fused-ring (bicyclic) bond motifs is 1. The van der Waals surface area contributed by atoms with Gasteiger partial charge in [-0.2, -0.15) is 10.2 Å². The van der Waals surface area contributed by atoms with Crippen LogP contribution in [0.15, 0.2) is 36.5 Å². The average molecular weight is 367 g/mol. The smallest absolute Gasteiger partial charge is 0.226 e. The summed E-state index contributed by atoms with van der Waals surface area (Å²) in [5.41, 5.74) is 3.96. The van der Waals surface area contributed by atoms with Gasteiger partial charge in [0.1, 0.15) is 11.6 Å². The van der Waals surface area contributed by atoms with Crippen molar-refractivity contribution in [1.82, 2.24) is 19.6 Å². The summed E-state index contributed by atoms with van der Waals surface area (Å²) in [5.74, 6) is 0.523. The van der Waals surface area contributed by atoms with E-state index in [0.717, 1.165) is 35.5 Å². The third kappa shape index (κ3) is 3.63. The molecule has 1 atom stereocenters. The van der Waals surface area contributed by atoms with Crippen LogP contribution in [0.5, 0.6) is 0 Å². The Morgan fingerprint density at radius 3 is 2.85 bits per heavy atom. The highest BCUT2D eigenvalue weighted by molar-refractivity contribution is 5.93. The Hall–Kier alpha value is -2.96. The molecule has 4 rings (SSSR count). The van der Waals surface area contributed by atoms with Gasteiger partial charge in [-0.25, -0.2) is 9.07 Å². The fourth-order valence-corrected chi connectivity index (χ4v) is 3.72. The number of anilines is 1. The van der Waals surface area contributed by atoms with E-state index in [0.29, 0.717) is 18.8 Å². The predicted octanol–water partition coefficient (Wildman–Crippen LogP) is 3.40. The molecule has 0 fully saturated rings. The zero-order chi connectivity index (χ0) is 19.0. The number of amides is 1. The normalized spacial score (nSPS) is 16.3. The van der Waals surface area contributed by atoms with Gasteiger partial charge < -0.3 is 5.32 Å². The van der Waals surface area contributed by atoms with Crippen molar-refractivity contribution in [3.8, 4) is 0 Å². The molecule has 3 heterocycles. The van der Waals surface area contributed by atoms with Gasteiger partial charge in [-0.15, -0.1) is 0 Å². The van der Waals surface area contributed by atoms with Gasteiger partial charge in [0, 0.05) is 24.2 Å². The van der Waals surface area contributed by atoms with E-state index in [-0.39, 0.29) is 17.6 Å². The van der Waals surface area contributed by atoms with Crippen LogP contribution < -0.4 is 5.32 Å². The summed E-state index contributed by atoms with van der Waals surface area (Å²) in [6, 6.07) is 8.48. The van der Waals surface area contributed by atoms with Crippen LogP contribution in [0.1, 0.15) is 41.3 Å². The number of nitrogens with zero attached hydrogens (tertiary/aromatic N) is 4. The number of nitrogens with one attached hydrogen (secondary N) is 1. The Morgan fingerprint density at radius 2 is 2.11 bits per heavy atom. The maximum Gasteiger partial charge on any atom is 0.226 e. The van der Waals surface area contributed by atoms with Crippen molar-refractivity contribution in [2.24, 2.45) is 0 Å². The molecule has 0 aliphatic carbocycles. The van der Waals surface area contributed by atoms with Gasteiger partial charge in [0.25, 0.3) is 0 Å². The summed E-state index contributed by atoms with van der Waals surface area (Å²) in [5, 5.41) is 11.9. The van der Waals surface area contributed by atoms with Crippen LogP contribution in [-0.2, 0) is 17.9 Å². The number of benzene rings is 1. The number of hydrogen-bond donors (Lipinski definition) is 1. The molecule has 1 N–H and O–H groups in total. The van der Waals surface area contributed by atoms with Crippen LogP contribution >= 0.6 is 0 Å². The molecular weight excluding hydrogens is 345 g/mol. The quantitative estimate of drug-likeness (QED) is 0.752. The maximum absolute atomic E-state index is 13.4. The summed E-state index contributed by atoms with van der Waals surface area (Å²) >= 11 is 0. The first-order chi connectivity index (χ1) is 13.0. The minimum atomic E-state index is -0.277. The van der Waals surface area contributed by atoms with Gasteiger partial charge in [0.2, 0.25) is 5.91 Å². The second-order valence-electron chi connectivity index (χ2n) is 7.12. The Morgan fingerprint density at radius 1 is 1.26 bits per heavy atom. The number of rotatable bonds is 5. The highest BCUT2D eigenvalue weighted by atomic mass is 19.1. The minimum absolute atomic E-state index is 0.0122.